The van der Waals surface area contributed by atoms with Gasteiger partial charge in [-0.05, 0) is 62.8 Å². The van der Waals surface area contributed by atoms with Gasteiger partial charge in [0.15, 0.2) is 5.78 Å². The van der Waals surface area contributed by atoms with E-state index in [1.165, 1.54) is 19.3 Å². The molecule has 0 unspecified atom stereocenters. The number of fused-ring (bicyclic) bond motifs is 1. The predicted molar refractivity (Wildman–Crippen MR) is 122 cm³/mol. The molecular formula is C26H34N2O3. The number of rotatable bonds is 4. The van der Waals surface area contributed by atoms with Gasteiger partial charge in [-0.3, -0.25) is 14.7 Å². The van der Waals surface area contributed by atoms with E-state index in [9.17, 15) is 9.59 Å². The number of ketones is 1. The highest BCUT2D eigenvalue weighted by atomic mass is 16.6. The normalized spacial score (nSPS) is 22.6. The van der Waals surface area contributed by atoms with Crippen molar-refractivity contribution < 1.29 is 14.3 Å². The summed E-state index contributed by atoms with van der Waals surface area (Å²) in [6.45, 7) is 6.23. The largest absolute Gasteiger partial charge is 0.444 e. The summed E-state index contributed by atoms with van der Waals surface area (Å²) in [4.78, 5) is 32.7. The number of pyridine rings is 1. The maximum absolute atomic E-state index is 13.6. The summed E-state index contributed by atoms with van der Waals surface area (Å²) in [5.41, 5.74) is 1.33. The number of amides is 1. The summed E-state index contributed by atoms with van der Waals surface area (Å²) < 4.78 is 5.67. The molecule has 2 atom stereocenters. The molecule has 2 heterocycles. The second-order valence-electron chi connectivity index (χ2n) is 10.1. The monoisotopic (exact) mass is 422 g/mol. The Morgan fingerprint density at radius 2 is 1.87 bits per heavy atom. The molecule has 1 amide bonds. The van der Waals surface area contributed by atoms with Gasteiger partial charge >= 0.3 is 6.09 Å². The van der Waals surface area contributed by atoms with Gasteiger partial charge in [-0.25, -0.2) is 4.79 Å². The first-order valence-electron chi connectivity index (χ1n) is 11.7. The molecular weight excluding hydrogens is 388 g/mol. The molecule has 1 aromatic carbocycles. The SMILES string of the molecule is CC(C)(C)OC(=O)N1CC[C@H](C2CCCCC2)[C@H]1C(=O)Cc1ccc2ncccc2c1. The Labute approximate surface area is 185 Å². The van der Waals surface area contributed by atoms with Crippen LogP contribution in [0, 0.1) is 11.8 Å². The van der Waals surface area contributed by atoms with Gasteiger partial charge in [0.05, 0.1) is 11.6 Å². The molecule has 166 valence electrons. The number of benzene rings is 1. The maximum Gasteiger partial charge on any atom is 0.410 e. The van der Waals surface area contributed by atoms with Gasteiger partial charge in [-0.2, -0.15) is 0 Å². The zero-order chi connectivity index (χ0) is 22.0. The number of carbonyl (C=O) groups excluding carboxylic acids is 2. The Hall–Kier alpha value is -2.43. The lowest BCUT2D eigenvalue weighted by atomic mass is 9.75. The van der Waals surface area contributed by atoms with Crippen molar-refractivity contribution in [2.45, 2.75) is 77.4 Å². The van der Waals surface area contributed by atoms with Gasteiger partial charge in [0.1, 0.15) is 5.60 Å². The molecule has 4 rings (SSSR count). The predicted octanol–water partition coefficient (Wildman–Crippen LogP) is 5.55. The molecule has 2 aliphatic rings. The highest BCUT2D eigenvalue weighted by molar-refractivity contribution is 5.91. The van der Waals surface area contributed by atoms with Gasteiger partial charge in [0.2, 0.25) is 0 Å². The van der Waals surface area contributed by atoms with E-state index in [-0.39, 0.29) is 23.8 Å². The fourth-order valence-corrected chi connectivity index (χ4v) is 5.35. The molecule has 5 nitrogen and oxygen atoms in total. The topological polar surface area (TPSA) is 59.5 Å². The second-order valence-corrected chi connectivity index (χ2v) is 10.1. The number of carbonyl (C=O) groups is 2. The lowest BCUT2D eigenvalue weighted by Gasteiger charge is -2.34. The van der Waals surface area contributed by atoms with Crippen molar-refractivity contribution in [1.29, 1.82) is 0 Å². The molecule has 0 bridgehead atoms. The summed E-state index contributed by atoms with van der Waals surface area (Å²) >= 11 is 0. The summed E-state index contributed by atoms with van der Waals surface area (Å²) in [5.74, 6) is 0.889. The quantitative estimate of drug-likeness (QED) is 0.648. The molecule has 1 aliphatic heterocycles. The van der Waals surface area contributed by atoms with Crippen molar-refractivity contribution in [3.8, 4) is 0 Å². The zero-order valence-corrected chi connectivity index (χ0v) is 19.0. The van der Waals surface area contributed by atoms with Crippen LogP contribution in [0.1, 0.15) is 64.9 Å². The van der Waals surface area contributed by atoms with E-state index >= 15 is 0 Å². The Bertz CT molecular complexity index is 943. The number of ether oxygens (including phenoxy) is 1. The van der Waals surface area contributed by atoms with Crippen molar-refractivity contribution >= 4 is 22.8 Å². The Balaban J connectivity index is 1.57. The number of hydrogen-bond acceptors (Lipinski definition) is 4. The average molecular weight is 423 g/mol. The number of aromatic nitrogens is 1. The van der Waals surface area contributed by atoms with Crippen molar-refractivity contribution in [2.24, 2.45) is 11.8 Å². The number of hydrogen-bond donors (Lipinski definition) is 0. The second kappa shape index (κ2) is 8.97. The van der Waals surface area contributed by atoms with E-state index in [1.807, 2.05) is 51.1 Å². The highest BCUT2D eigenvalue weighted by Crippen LogP contribution is 2.40. The summed E-state index contributed by atoms with van der Waals surface area (Å²) in [7, 11) is 0. The minimum Gasteiger partial charge on any atom is -0.444 e. The third-order valence-corrected chi connectivity index (χ3v) is 6.70. The minimum absolute atomic E-state index is 0.127. The summed E-state index contributed by atoms with van der Waals surface area (Å²) in [5, 5.41) is 1.03. The van der Waals surface area contributed by atoms with Gasteiger partial charge < -0.3 is 4.74 Å². The lowest BCUT2D eigenvalue weighted by molar-refractivity contribution is -0.124. The fraction of sp³-hybridized carbons (Fsp3) is 0.577. The molecule has 1 aromatic heterocycles. The van der Waals surface area contributed by atoms with Crippen LogP contribution in [0.25, 0.3) is 10.9 Å². The first-order valence-corrected chi connectivity index (χ1v) is 11.7. The molecule has 0 radical (unpaired) electrons. The van der Waals surface area contributed by atoms with Crippen LogP contribution in [0.4, 0.5) is 4.79 Å². The van der Waals surface area contributed by atoms with Crippen LogP contribution in [0.2, 0.25) is 0 Å². The average Bonchev–Trinajstić information content (AvgIpc) is 3.19. The zero-order valence-electron chi connectivity index (χ0n) is 19.0. The van der Waals surface area contributed by atoms with Crippen LogP contribution >= 0.6 is 0 Å². The Morgan fingerprint density at radius 1 is 1.10 bits per heavy atom. The maximum atomic E-state index is 13.6. The van der Waals surface area contributed by atoms with E-state index < -0.39 is 5.60 Å². The fourth-order valence-electron chi connectivity index (χ4n) is 5.35. The van der Waals surface area contributed by atoms with Gasteiger partial charge in [-0.1, -0.05) is 44.2 Å². The van der Waals surface area contributed by atoms with E-state index in [1.54, 1.807) is 11.1 Å². The van der Waals surface area contributed by atoms with Crippen molar-refractivity contribution in [3.63, 3.8) is 0 Å². The summed E-state index contributed by atoms with van der Waals surface area (Å²) in [6.07, 6.45) is 8.71. The molecule has 1 saturated carbocycles. The lowest BCUT2D eigenvalue weighted by Crippen LogP contribution is -2.47. The highest BCUT2D eigenvalue weighted by Gasteiger charge is 2.46. The van der Waals surface area contributed by atoms with Crippen LogP contribution in [-0.4, -0.2) is 39.9 Å². The van der Waals surface area contributed by atoms with Gasteiger partial charge in [0.25, 0.3) is 0 Å². The van der Waals surface area contributed by atoms with Crippen molar-refractivity contribution in [2.75, 3.05) is 6.54 Å². The van der Waals surface area contributed by atoms with E-state index in [2.05, 4.69) is 4.98 Å². The molecule has 1 saturated heterocycles. The molecule has 5 heteroatoms. The van der Waals surface area contributed by atoms with E-state index in [0.717, 1.165) is 35.7 Å². The summed E-state index contributed by atoms with van der Waals surface area (Å²) in [6, 6.07) is 9.54. The molecule has 0 N–H and O–H groups in total. The minimum atomic E-state index is -0.570. The molecule has 1 aliphatic carbocycles. The standard InChI is InChI=1S/C26H34N2O3/c1-26(2,3)31-25(30)28-15-13-21(19-8-5-4-6-9-19)24(28)23(29)17-18-11-12-22-20(16-18)10-7-14-27-22/h7,10-12,14,16,19,21,24H,4-6,8-9,13,15,17H2,1-3H3/t21-,24+/m1/s1. The number of likely N-dealkylation sites (tertiary alicyclic amines) is 1. The molecule has 2 fully saturated rings. The van der Waals surface area contributed by atoms with Crippen LogP contribution in [0.3, 0.4) is 0 Å². The Kier molecular flexibility index (Phi) is 6.31. The van der Waals surface area contributed by atoms with E-state index in [0.29, 0.717) is 18.9 Å². The van der Waals surface area contributed by atoms with Crippen LogP contribution < -0.4 is 0 Å². The van der Waals surface area contributed by atoms with E-state index in [4.69, 9.17) is 4.74 Å². The van der Waals surface area contributed by atoms with Gasteiger partial charge in [-0.15, -0.1) is 0 Å². The number of Topliss-reactive ketones (excluding diaryl/α,β-unsaturated/α-hetero) is 1. The van der Waals surface area contributed by atoms with Crippen molar-refractivity contribution in [3.05, 3.63) is 42.1 Å². The van der Waals surface area contributed by atoms with Crippen LogP contribution in [0.15, 0.2) is 36.5 Å². The smallest absolute Gasteiger partial charge is 0.410 e. The van der Waals surface area contributed by atoms with Gasteiger partial charge in [0, 0.05) is 24.5 Å². The van der Waals surface area contributed by atoms with Crippen LogP contribution in [0.5, 0.6) is 0 Å². The molecule has 2 aromatic rings. The van der Waals surface area contributed by atoms with Crippen LogP contribution in [-0.2, 0) is 16.0 Å². The first kappa shape index (κ1) is 21.8. The third-order valence-electron chi connectivity index (χ3n) is 6.70. The third kappa shape index (κ3) is 5.08. The first-order chi connectivity index (χ1) is 14.8. The van der Waals surface area contributed by atoms with Crippen molar-refractivity contribution in [1.82, 2.24) is 9.88 Å². The molecule has 31 heavy (non-hydrogen) atoms. The number of nitrogens with zero attached hydrogens (tertiary/aromatic N) is 2. The Morgan fingerprint density at radius 3 is 2.61 bits per heavy atom. The molecule has 0 spiro atoms.